The van der Waals surface area contributed by atoms with Gasteiger partial charge in [-0.25, -0.2) is 4.79 Å². The van der Waals surface area contributed by atoms with Gasteiger partial charge in [0.1, 0.15) is 0 Å². The number of nitrogens with one attached hydrogen (secondary N) is 1. The topological polar surface area (TPSA) is 55.4 Å². The first-order chi connectivity index (χ1) is 11.5. The smallest absolute Gasteiger partial charge is 0.337 e. The average Bonchev–Trinajstić information content (AvgIpc) is 2.61. The molecule has 0 aliphatic rings. The largest absolute Gasteiger partial charge is 0.465 e. The van der Waals surface area contributed by atoms with E-state index in [1.807, 2.05) is 44.2 Å². The van der Waals surface area contributed by atoms with E-state index in [9.17, 15) is 9.59 Å². The van der Waals surface area contributed by atoms with Crippen molar-refractivity contribution in [3.05, 3.63) is 59.7 Å². The number of esters is 1. The summed E-state index contributed by atoms with van der Waals surface area (Å²) in [7, 11) is 1.34. The number of hydrogen-bond acceptors (Lipinski definition) is 4. The maximum Gasteiger partial charge on any atom is 0.337 e. The number of methoxy groups -OCH3 is 1. The highest BCUT2D eigenvalue weighted by Crippen LogP contribution is 2.22. The van der Waals surface area contributed by atoms with Gasteiger partial charge in [0.25, 0.3) is 0 Å². The fourth-order valence-corrected chi connectivity index (χ4v) is 3.01. The van der Waals surface area contributed by atoms with E-state index in [0.717, 1.165) is 10.5 Å². The summed E-state index contributed by atoms with van der Waals surface area (Å²) < 4.78 is 4.72. The number of thioether (sulfide) groups is 1. The second-order valence-corrected chi connectivity index (χ2v) is 6.63. The first-order valence-corrected chi connectivity index (χ1v) is 8.67. The lowest BCUT2D eigenvalue weighted by Gasteiger charge is -2.14. The summed E-state index contributed by atoms with van der Waals surface area (Å²) in [5.74, 6) is 0.0455. The van der Waals surface area contributed by atoms with Crippen LogP contribution in [0.25, 0.3) is 0 Å². The first kappa shape index (κ1) is 18.1. The molecule has 0 saturated carbocycles. The Morgan fingerprint density at radius 3 is 2.54 bits per heavy atom. The van der Waals surface area contributed by atoms with E-state index in [2.05, 4.69) is 5.32 Å². The number of aryl methyl sites for hydroxylation is 1. The van der Waals surface area contributed by atoms with Crippen LogP contribution in [0.4, 0.5) is 5.69 Å². The monoisotopic (exact) mass is 343 g/mol. The number of ether oxygens (including phenoxy) is 1. The number of rotatable bonds is 6. The molecule has 0 saturated heterocycles. The lowest BCUT2D eigenvalue weighted by Crippen LogP contribution is -2.22. The van der Waals surface area contributed by atoms with E-state index in [1.165, 1.54) is 7.11 Å². The van der Waals surface area contributed by atoms with E-state index >= 15 is 0 Å². The number of anilines is 1. The molecule has 1 unspecified atom stereocenters. The molecule has 1 N–H and O–H groups in total. The SMILES string of the molecule is COC(=O)c1ccc(C)c(NC(=O)C(C)CSc2ccccc2)c1. The highest BCUT2D eigenvalue weighted by atomic mass is 32.2. The average molecular weight is 343 g/mol. The molecule has 2 aromatic rings. The van der Waals surface area contributed by atoms with Crippen molar-refractivity contribution in [1.82, 2.24) is 0 Å². The van der Waals surface area contributed by atoms with Gasteiger partial charge in [-0.1, -0.05) is 31.2 Å². The zero-order valence-corrected chi connectivity index (χ0v) is 14.9. The molecule has 0 aliphatic heterocycles. The summed E-state index contributed by atoms with van der Waals surface area (Å²) in [6.45, 7) is 3.78. The van der Waals surface area contributed by atoms with Crippen LogP contribution in [0, 0.1) is 12.8 Å². The van der Waals surface area contributed by atoms with Gasteiger partial charge in [-0.05, 0) is 36.8 Å². The number of benzene rings is 2. The number of carbonyl (C=O) groups is 2. The standard InChI is InChI=1S/C19H21NO3S/c1-13-9-10-15(19(22)23-3)11-17(13)20-18(21)14(2)12-24-16-7-5-4-6-8-16/h4-11,14H,12H2,1-3H3,(H,20,21). The molecular formula is C19H21NO3S. The van der Waals surface area contributed by atoms with Crippen LogP contribution in [0.15, 0.2) is 53.4 Å². The van der Waals surface area contributed by atoms with Gasteiger partial charge in [-0.2, -0.15) is 0 Å². The molecule has 1 atom stereocenters. The quantitative estimate of drug-likeness (QED) is 0.632. The molecule has 0 aromatic heterocycles. The third-order valence-corrected chi connectivity index (χ3v) is 4.88. The summed E-state index contributed by atoms with van der Waals surface area (Å²) in [5, 5.41) is 2.91. The van der Waals surface area contributed by atoms with Crippen molar-refractivity contribution in [2.45, 2.75) is 18.7 Å². The highest BCUT2D eigenvalue weighted by Gasteiger charge is 2.16. The summed E-state index contributed by atoms with van der Waals surface area (Å²) in [5.41, 5.74) is 1.96. The maximum absolute atomic E-state index is 12.4. The third-order valence-electron chi connectivity index (χ3n) is 3.61. The molecule has 4 nitrogen and oxygen atoms in total. The predicted octanol–water partition coefficient (Wildman–Crippen LogP) is 4.15. The Morgan fingerprint density at radius 2 is 1.88 bits per heavy atom. The first-order valence-electron chi connectivity index (χ1n) is 7.69. The summed E-state index contributed by atoms with van der Waals surface area (Å²) >= 11 is 1.65. The van der Waals surface area contributed by atoms with E-state index in [-0.39, 0.29) is 11.8 Å². The van der Waals surface area contributed by atoms with Crippen LogP contribution in [0.3, 0.4) is 0 Å². The zero-order valence-electron chi connectivity index (χ0n) is 14.0. The zero-order chi connectivity index (χ0) is 17.5. The van der Waals surface area contributed by atoms with Crippen LogP contribution in [-0.2, 0) is 9.53 Å². The Hall–Kier alpha value is -2.27. The second kappa shape index (κ2) is 8.55. The van der Waals surface area contributed by atoms with Gasteiger partial charge in [0.2, 0.25) is 5.91 Å². The van der Waals surface area contributed by atoms with Crippen molar-refractivity contribution in [2.24, 2.45) is 5.92 Å². The van der Waals surface area contributed by atoms with Gasteiger partial charge in [0, 0.05) is 22.3 Å². The van der Waals surface area contributed by atoms with Crippen LogP contribution < -0.4 is 5.32 Å². The van der Waals surface area contributed by atoms with Crippen molar-refractivity contribution in [3.8, 4) is 0 Å². The summed E-state index contributed by atoms with van der Waals surface area (Å²) in [6.07, 6.45) is 0. The number of amides is 1. The van der Waals surface area contributed by atoms with E-state index in [1.54, 1.807) is 30.0 Å². The molecule has 126 valence electrons. The van der Waals surface area contributed by atoms with Gasteiger partial charge < -0.3 is 10.1 Å². The Labute approximate surface area is 146 Å². The Bertz CT molecular complexity index is 716. The Balaban J connectivity index is 1.99. The molecule has 0 bridgehead atoms. The number of hydrogen-bond donors (Lipinski definition) is 1. The van der Waals surface area contributed by atoms with Crippen LogP contribution in [0.5, 0.6) is 0 Å². The van der Waals surface area contributed by atoms with Gasteiger partial charge in [-0.15, -0.1) is 11.8 Å². The van der Waals surface area contributed by atoms with E-state index in [4.69, 9.17) is 4.74 Å². The van der Waals surface area contributed by atoms with Crippen molar-refractivity contribution >= 4 is 29.3 Å². The molecule has 0 heterocycles. The van der Waals surface area contributed by atoms with Crippen molar-refractivity contribution in [1.29, 1.82) is 0 Å². The lowest BCUT2D eigenvalue weighted by atomic mass is 10.1. The van der Waals surface area contributed by atoms with Crippen LogP contribution in [0.2, 0.25) is 0 Å². The van der Waals surface area contributed by atoms with Gasteiger partial charge >= 0.3 is 5.97 Å². The minimum Gasteiger partial charge on any atom is -0.465 e. The second-order valence-electron chi connectivity index (χ2n) is 5.54. The minimum atomic E-state index is -0.418. The summed E-state index contributed by atoms with van der Waals surface area (Å²) in [6, 6.07) is 15.1. The van der Waals surface area contributed by atoms with Gasteiger partial charge in [0.05, 0.1) is 12.7 Å². The van der Waals surface area contributed by atoms with Gasteiger partial charge in [-0.3, -0.25) is 4.79 Å². The van der Waals surface area contributed by atoms with Crippen molar-refractivity contribution < 1.29 is 14.3 Å². The molecular weight excluding hydrogens is 322 g/mol. The molecule has 0 aliphatic carbocycles. The molecule has 0 radical (unpaired) electrons. The predicted molar refractivity (Wildman–Crippen MR) is 97.5 cm³/mol. The minimum absolute atomic E-state index is 0.0662. The molecule has 2 rings (SSSR count). The third kappa shape index (κ3) is 4.86. The molecule has 5 heteroatoms. The van der Waals surface area contributed by atoms with E-state index in [0.29, 0.717) is 17.0 Å². The maximum atomic E-state index is 12.4. The fraction of sp³-hybridized carbons (Fsp3) is 0.263. The molecule has 24 heavy (non-hydrogen) atoms. The lowest BCUT2D eigenvalue weighted by molar-refractivity contribution is -0.118. The Morgan fingerprint density at radius 1 is 1.17 bits per heavy atom. The molecule has 1 amide bonds. The van der Waals surface area contributed by atoms with Crippen LogP contribution in [-0.4, -0.2) is 24.7 Å². The highest BCUT2D eigenvalue weighted by molar-refractivity contribution is 7.99. The van der Waals surface area contributed by atoms with Crippen molar-refractivity contribution in [2.75, 3.05) is 18.2 Å². The van der Waals surface area contributed by atoms with Crippen LogP contribution >= 0.6 is 11.8 Å². The molecule has 0 spiro atoms. The summed E-state index contributed by atoms with van der Waals surface area (Å²) in [4.78, 5) is 25.2. The fourth-order valence-electron chi connectivity index (χ4n) is 2.07. The molecule has 0 fully saturated rings. The normalized spacial score (nSPS) is 11.6. The molecule has 2 aromatic carbocycles. The van der Waals surface area contributed by atoms with E-state index < -0.39 is 5.97 Å². The number of carbonyl (C=O) groups excluding carboxylic acids is 2. The van der Waals surface area contributed by atoms with Crippen molar-refractivity contribution in [3.63, 3.8) is 0 Å². The Kier molecular flexibility index (Phi) is 6.44. The van der Waals surface area contributed by atoms with Crippen LogP contribution in [0.1, 0.15) is 22.8 Å². The van der Waals surface area contributed by atoms with Gasteiger partial charge in [0.15, 0.2) is 0 Å².